The number of anilines is 1. The van der Waals surface area contributed by atoms with Crippen LogP contribution in [0, 0.1) is 5.82 Å². The highest BCUT2D eigenvalue weighted by atomic mass is 79.9. The number of carbonyl (C=O) groups is 1. The van der Waals surface area contributed by atoms with Crippen molar-refractivity contribution in [2.45, 2.75) is 13.0 Å². The number of benzene rings is 2. The number of ether oxygens (including phenoxy) is 2. The van der Waals surface area contributed by atoms with Crippen LogP contribution in [0.25, 0.3) is 0 Å². The Hall–Kier alpha value is -2.28. The van der Waals surface area contributed by atoms with E-state index in [-0.39, 0.29) is 5.56 Å². The van der Waals surface area contributed by atoms with Gasteiger partial charge in [-0.2, -0.15) is 0 Å². The molecule has 0 bridgehead atoms. The molecule has 0 saturated carbocycles. The second-order valence-electron chi connectivity index (χ2n) is 5.79. The molecule has 2 N–H and O–H groups in total. The van der Waals surface area contributed by atoms with Crippen LogP contribution in [0.5, 0.6) is 11.5 Å². The monoisotopic (exact) mass is 408 g/mol. The third-order valence-corrected chi connectivity index (χ3v) is 4.80. The van der Waals surface area contributed by atoms with Gasteiger partial charge in [-0.1, -0.05) is 15.9 Å². The summed E-state index contributed by atoms with van der Waals surface area (Å²) >= 11 is 3.28. The third-order valence-electron chi connectivity index (χ3n) is 4.34. The zero-order valence-electron chi connectivity index (χ0n) is 13.9. The maximum Gasteiger partial charge on any atom is 0.253 e. The van der Waals surface area contributed by atoms with E-state index in [1.165, 1.54) is 6.07 Å². The van der Waals surface area contributed by atoms with Gasteiger partial charge >= 0.3 is 0 Å². The molecule has 0 spiro atoms. The standard InChI is InChI=1S/C18H18BrFN2O3/c1-24-15-5-10-3-4-22(9-11(10)6-16(15)25-2)14-8-12(19)7-13(20)17(14)18(21)23/h5-8H,3-4,9H2,1-2H3,(H2,21,23). The molecule has 7 heteroatoms. The molecule has 3 rings (SSSR count). The minimum Gasteiger partial charge on any atom is -0.493 e. The van der Waals surface area contributed by atoms with E-state index in [2.05, 4.69) is 15.9 Å². The fraction of sp³-hybridized carbons (Fsp3) is 0.278. The van der Waals surface area contributed by atoms with Crippen molar-refractivity contribution in [3.8, 4) is 11.5 Å². The second kappa shape index (κ2) is 6.92. The first kappa shape index (κ1) is 17.5. The second-order valence-corrected chi connectivity index (χ2v) is 6.71. The molecule has 2 aromatic carbocycles. The van der Waals surface area contributed by atoms with Crippen LogP contribution in [0.1, 0.15) is 21.5 Å². The average Bonchev–Trinajstić information content (AvgIpc) is 2.58. The molecule has 132 valence electrons. The van der Waals surface area contributed by atoms with Crippen LogP contribution >= 0.6 is 15.9 Å². The van der Waals surface area contributed by atoms with E-state index in [0.29, 0.717) is 34.7 Å². The molecule has 1 heterocycles. The Bertz CT molecular complexity index is 842. The number of fused-ring (bicyclic) bond motifs is 1. The van der Waals surface area contributed by atoms with Crippen molar-refractivity contribution in [2.24, 2.45) is 5.73 Å². The van der Waals surface area contributed by atoms with Crippen molar-refractivity contribution in [1.29, 1.82) is 0 Å². The van der Waals surface area contributed by atoms with E-state index in [4.69, 9.17) is 15.2 Å². The number of primary amides is 1. The quantitative estimate of drug-likeness (QED) is 0.842. The van der Waals surface area contributed by atoms with Gasteiger partial charge in [-0.15, -0.1) is 0 Å². The van der Waals surface area contributed by atoms with Gasteiger partial charge in [0.25, 0.3) is 5.91 Å². The lowest BCUT2D eigenvalue weighted by Crippen LogP contribution is -2.32. The first-order valence-electron chi connectivity index (χ1n) is 7.72. The minimum atomic E-state index is -0.780. The normalized spacial score (nSPS) is 13.4. The first-order chi connectivity index (χ1) is 11.9. The molecule has 1 aliphatic heterocycles. The van der Waals surface area contributed by atoms with Crippen molar-refractivity contribution in [3.05, 3.63) is 51.2 Å². The Morgan fingerprint density at radius 1 is 1.16 bits per heavy atom. The third kappa shape index (κ3) is 3.28. The highest BCUT2D eigenvalue weighted by Gasteiger charge is 2.25. The lowest BCUT2D eigenvalue weighted by Gasteiger charge is -2.32. The van der Waals surface area contributed by atoms with Crippen LogP contribution in [0.4, 0.5) is 10.1 Å². The van der Waals surface area contributed by atoms with E-state index in [1.54, 1.807) is 20.3 Å². The molecule has 0 aromatic heterocycles. The van der Waals surface area contributed by atoms with Crippen molar-refractivity contribution < 1.29 is 18.7 Å². The van der Waals surface area contributed by atoms with E-state index in [1.807, 2.05) is 17.0 Å². The Kier molecular flexibility index (Phi) is 4.85. The van der Waals surface area contributed by atoms with Crippen molar-refractivity contribution in [1.82, 2.24) is 0 Å². The molecule has 0 radical (unpaired) electrons. The van der Waals surface area contributed by atoms with Crippen molar-refractivity contribution >= 4 is 27.5 Å². The van der Waals surface area contributed by atoms with Crippen LogP contribution < -0.4 is 20.1 Å². The zero-order chi connectivity index (χ0) is 18.1. The maximum atomic E-state index is 14.2. The summed E-state index contributed by atoms with van der Waals surface area (Å²) < 4.78 is 25.5. The number of rotatable bonds is 4. The molecule has 1 amide bonds. The highest BCUT2D eigenvalue weighted by molar-refractivity contribution is 9.10. The fourth-order valence-electron chi connectivity index (χ4n) is 3.14. The maximum absolute atomic E-state index is 14.2. The number of amides is 1. The molecule has 5 nitrogen and oxygen atoms in total. The van der Waals surface area contributed by atoms with Crippen molar-refractivity contribution in [2.75, 3.05) is 25.7 Å². The van der Waals surface area contributed by atoms with Gasteiger partial charge in [0.2, 0.25) is 0 Å². The summed E-state index contributed by atoms with van der Waals surface area (Å²) in [6.07, 6.45) is 0.738. The van der Waals surface area contributed by atoms with E-state index in [9.17, 15) is 9.18 Å². The van der Waals surface area contributed by atoms with E-state index < -0.39 is 11.7 Å². The number of halogens is 2. The molecule has 0 unspecified atom stereocenters. The van der Waals surface area contributed by atoms with Gasteiger partial charge in [-0.25, -0.2) is 4.39 Å². The number of nitrogens with two attached hydrogens (primary N) is 1. The molecule has 0 aliphatic carbocycles. The molecule has 0 saturated heterocycles. The molecular weight excluding hydrogens is 391 g/mol. The van der Waals surface area contributed by atoms with Crippen molar-refractivity contribution in [3.63, 3.8) is 0 Å². The molecule has 0 atom stereocenters. The summed E-state index contributed by atoms with van der Waals surface area (Å²) in [5.41, 5.74) is 7.97. The van der Waals surface area contributed by atoms with Crippen LogP contribution in [0.3, 0.4) is 0 Å². The molecular formula is C18H18BrFN2O3. The van der Waals surface area contributed by atoms with Gasteiger partial charge in [0, 0.05) is 17.6 Å². The molecule has 2 aromatic rings. The summed E-state index contributed by atoms with van der Waals surface area (Å²) in [5, 5.41) is 0. The van der Waals surface area contributed by atoms with Gasteiger partial charge in [0.05, 0.1) is 25.5 Å². The van der Waals surface area contributed by atoms with Gasteiger partial charge in [0.1, 0.15) is 5.82 Å². The van der Waals surface area contributed by atoms with Gasteiger partial charge in [-0.05, 0) is 41.8 Å². The lowest BCUT2D eigenvalue weighted by molar-refractivity contribution is 0.0997. The SMILES string of the molecule is COc1cc2c(cc1OC)CN(c1cc(Br)cc(F)c1C(N)=O)CC2. The number of nitrogens with zero attached hydrogens (tertiary/aromatic N) is 1. The molecule has 25 heavy (non-hydrogen) atoms. The topological polar surface area (TPSA) is 64.8 Å². The summed E-state index contributed by atoms with van der Waals surface area (Å²) in [5.74, 6) is -0.0900. The Labute approximate surface area is 153 Å². The average molecular weight is 409 g/mol. The van der Waals surface area contributed by atoms with Gasteiger partial charge in [0.15, 0.2) is 11.5 Å². The number of hydrogen-bond donors (Lipinski definition) is 1. The van der Waals surface area contributed by atoms with Gasteiger partial charge < -0.3 is 20.1 Å². The van der Waals surface area contributed by atoms with Crippen LogP contribution in [-0.4, -0.2) is 26.7 Å². The largest absolute Gasteiger partial charge is 0.493 e. The lowest BCUT2D eigenvalue weighted by atomic mass is 9.97. The summed E-state index contributed by atoms with van der Waals surface area (Å²) in [6, 6.07) is 6.84. The Morgan fingerprint density at radius 2 is 1.80 bits per heavy atom. The predicted octanol–water partition coefficient (Wildman–Crippen LogP) is 3.27. The fourth-order valence-corrected chi connectivity index (χ4v) is 3.56. The van der Waals surface area contributed by atoms with Crippen LogP contribution in [0.2, 0.25) is 0 Å². The van der Waals surface area contributed by atoms with Crippen LogP contribution in [-0.2, 0) is 13.0 Å². The smallest absolute Gasteiger partial charge is 0.253 e. The first-order valence-corrected chi connectivity index (χ1v) is 8.51. The Morgan fingerprint density at radius 3 is 2.40 bits per heavy atom. The highest BCUT2D eigenvalue weighted by Crippen LogP contribution is 2.36. The number of methoxy groups -OCH3 is 2. The number of hydrogen-bond acceptors (Lipinski definition) is 4. The summed E-state index contributed by atoms with van der Waals surface area (Å²) in [6.45, 7) is 1.16. The van der Waals surface area contributed by atoms with Crippen LogP contribution in [0.15, 0.2) is 28.7 Å². The number of carbonyl (C=O) groups excluding carboxylic acids is 1. The van der Waals surface area contributed by atoms with E-state index >= 15 is 0 Å². The van der Waals surface area contributed by atoms with Gasteiger partial charge in [-0.3, -0.25) is 4.79 Å². The zero-order valence-corrected chi connectivity index (χ0v) is 15.5. The minimum absolute atomic E-state index is 0.0906. The molecule has 0 fully saturated rings. The Balaban J connectivity index is 2.02. The van der Waals surface area contributed by atoms with E-state index in [0.717, 1.165) is 17.5 Å². The summed E-state index contributed by atoms with van der Waals surface area (Å²) in [7, 11) is 3.18. The predicted molar refractivity (Wildman–Crippen MR) is 96.9 cm³/mol. The molecule has 1 aliphatic rings. The summed E-state index contributed by atoms with van der Waals surface area (Å²) in [4.78, 5) is 13.7.